The molecule has 1 unspecified atom stereocenters. The first-order valence-electron chi connectivity index (χ1n) is 7.53. The lowest BCUT2D eigenvalue weighted by Crippen LogP contribution is -2.23. The number of aromatic nitrogens is 1. The Bertz CT molecular complexity index is 734. The zero-order chi connectivity index (χ0) is 16.1. The number of halogens is 2. The maximum absolute atomic E-state index is 5.48. The molecule has 0 aliphatic rings. The van der Waals surface area contributed by atoms with E-state index in [1.54, 1.807) is 29.8 Å². The van der Waals surface area contributed by atoms with Gasteiger partial charge >= 0.3 is 0 Å². The Morgan fingerprint density at radius 2 is 2.04 bits per heavy atom. The number of ether oxygens (including phenoxy) is 1. The highest BCUT2D eigenvalue weighted by atomic mass is 35.5. The van der Waals surface area contributed by atoms with E-state index in [1.807, 2.05) is 17.6 Å². The Morgan fingerprint density at radius 1 is 1.20 bits per heavy atom. The third-order valence-electron chi connectivity index (χ3n) is 3.74. The molecule has 0 saturated heterocycles. The number of thiophene rings is 1. The van der Waals surface area contributed by atoms with Crippen LogP contribution in [0.25, 0.3) is 0 Å². The average Bonchev–Trinajstić information content (AvgIpc) is 3.25. The van der Waals surface area contributed by atoms with Gasteiger partial charge in [-0.1, -0.05) is 17.7 Å². The summed E-state index contributed by atoms with van der Waals surface area (Å²) in [6.45, 7) is 2.87. The molecule has 136 valence electrons. The second kappa shape index (κ2) is 10.8. The van der Waals surface area contributed by atoms with Crippen molar-refractivity contribution in [3.05, 3.63) is 68.3 Å². The molecule has 0 radical (unpaired) electrons. The van der Waals surface area contributed by atoms with E-state index < -0.39 is 0 Å². The number of benzene rings is 1. The molecule has 2 aromatic heterocycles. The molecule has 0 fully saturated rings. The Kier molecular flexibility index (Phi) is 9.46. The zero-order valence-corrected chi connectivity index (χ0v) is 17.4. The lowest BCUT2D eigenvalue weighted by molar-refractivity contribution is 0.405. The van der Waals surface area contributed by atoms with E-state index in [2.05, 4.69) is 46.2 Å². The van der Waals surface area contributed by atoms with Crippen molar-refractivity contribution in [3.63, 3.8) is 0 Å². The molecule has 1 aromatic carbocycles. The monoisotopic (exact) mass is 416 g/mol. The minimum atomic E-state index is 0. The molecule has 25 heavy (non-hydrogen) atoms. The van der Waals surface area contributed by atoms with Crippen LogP contribution in [0.2, 0.25) is 0 Å². The van der Waals surface area contributed by atoms with Gasteiger partial charge in [0.1, 0.15) is 10.8 Å². The predicted molar refractivity (Wildman–Crippen MR) is 112 cm³/mol. The third kappa shape index (κ3) is 5.97. The second-order valence-corrected chi connectivity index (χ2v) is 7.16. The highest BCUT2D eigenvalue weighted by Crippen LogP contribution is 2.24. The fourth-order valence-corrected chi connectivity index (χ4v) is 3.97. The molecule has 0 aliphatic heterocycles. The van der Waals surface area contributed by atoms with Gasteiger partial charge in [0.05, 0.1) is 13.2 Å². The molecule has 1 atom stereocenters. The minimum absolute atomic E-state index is 0. The lowest BCUT2D eigenvalue weighted by Gasteiger charge is -2.17. The van der Waals surface area contributed by atoms with Gasteiger partial charge in [-0.25, -0.2) is 4.98 Å². The van der Waals surface area contributed by atoms with E-state index in [-0.39, 0.29) is 30.9 Å². The van der Waals surface area contributed by atoms with Crippen molar-refractivity contribution >= 4 is 47.5 Å². The van der Waals surface area contributed by atoms with Crippen LogP contribution in [0.3, 0.4) is 0 Å². The molecule has 7 heteroatoms. The summed E-state index contributed by atoms with van der Waals surface area (Å²) in [4.78, 5) is 4.50. The summed E-state index contributed by atoms with van der Waals surface area (Å²) < 4.78 is 5.48. The number of nitrogens with one attached hydrogen (secondary N) is 1. The van der Waals surface area contributed by atoms with E-state index in [9.17, 15) is 0 Å². The summed E-state index contributed by atoms with van der Waals surface area (Å²) in [6.07, 6.45) is 2.82. The van der Waals surface area contributed by atoms with Crippen molar-refractivity contribution in [1.82, 2.24) is 10.3 Å². The highest BCUT2D eigenvalue weighted by molar-refractivity contribution is 7.09. The van der Waals surface area contributed by atoms with Gasteiger partial charge < -0.3 is 10.1 Å². The van der Waals surface area contributed by atoms with Gasteiger partial charge in [-0.05, 0) is 41.8 Å². The molecule has 1 N–H and O–H groups in total. The topological polar surface area (TPSA) is 34.1 Å². The number of hydrogen-bond donors (Lipinski definition) is 1. The molecule has 3 aromatic rings. The Labute approximate surface area is 169 Å². The van der Waals surface area contributed by atoms with Gasteiger partial charge in [0, 0.05) is 23.7 Å². The maximum Gasteiger partial charge on any atom is 0.123 e. The van der Waals surface area contributed by atoms with Crippen LogP contribution in [-0.2, 0) is 13.0 Å². The molecule has 3 rings (SSSR count). The number of hydrogen-bond acceptors (Lipinski definition) is 5. The van der Waals surface area contributed by atoms with Gasteiger partial charge in [-0.2, -0.15) is 11.3 Å². The van der Waals surface area contributed by atoms with Gasteiger partial charge in [0.2, 0.25) is 0 Å². The van der Waals surface area contributed by atoms with Gasteiger partial charge in [0.15, 0.2) is 0 Å². The first-order valence-corrected chi connectivity index (χ1v) is 9.36. The summed E-state index contributed by atoms with van der Waals surface area (Å²) in [6, 6.07) is 8.68. The van der Waals surface area contributed by atoms with Gasteiger partial charge in [-0.3, -0.25) is 0 Å². The van der Waals surface area contributed by atoms with Gasteiger partial charge in [-0.15, -0.1) is 36.2 Å². The van der Waals surface area contributed by atoms with E-state index in [1.165, 1.54) is 16.7 Å². The number of aryl methyl sites for hydroxylation is 1. The van der Waals surface area contributed by atoms with E-state index in [0.29, 0.717) is 0 Å². The first kappa shape index (κ1) is 21.9. The molecule has 2 heterocycles. The SMILES string of the molecule is COc1ccc(C)cc1CNC(Cc1ccsc1)c1nccs1.Cl.Cl. The highest BCUT2D eigenvalue weighted by Gasteiger charge is 2.16. The van der Waals surface area contributed by atoms with E-state index in [4.69, 9.17) is 4.74 Å². The quantitative estimate of drug-likeness (QED) is 0.556. The standard InChI is InChI=1S/C18H20N2OS2.2ClH/c1-13-3-4-17(21-2)15(9-13)11-20-16(18-19-6-8-23-18)10-14-5-7-22-12-14;;/h3-9,12,16,20H,10-11H2,1-2H3;2*1H. The predicted octanol–water partition coefficient (Wildman–Crippen LogP) is 5.44. The van der Waals surface area contributed by atoms with Crippen LogP contribution in [0.5, 0.6) is 5.75 Å². The van der Waals surface area contributed by atoms with Crippen molar-refractivity contribution in [1.29, 1.82) is 0 Å². The van der Waals surface area contributed by atoms with Crippen LogP contribution < -0.4 is 10.1 Å². The fourth-order valence-electron chi connectivity index (χ4n) is 2.58. The molecule has 0 spiro atoms. The summed E-state index contributed by atoms with van der Waals surface area (Å²) in [5.74, 6) is 0.927. The molecule has 0 saturated carbocycles. The number of rotatable bonds is 7. The zero-order valence-electron chi connectivity index (χ0n) is 14.1. The second-order valence-electron chi connectivity index (χ2n) is 5.45. The molecule has 0 amide bonds. The Balaban J connectivity index is 0.00000156. The Hall–Kier alpha value is -1.11. The summed E-state index contributed by atoms with van der Waals surface area (Å²) in [5, 5.41) is 11.1. The molecular formula is C18H22Cl2N2OS2. The maximum atomic E-state index is 5.48. The van der Waals surface area contributed by atoms with Crippen LogP contribution in [0, 0.1) is 6.92 Å². The third-order valence-corrected chi connectivity index (χ3v) is 5.37. The fraction of sp³-hybridized carbons (Fsp3) is 0.278. The van der Waals surface area contributed by atoms with Crippen molar-refractivity contribution in [2.75, 3.05) is 7.11 Å². The minimum Gasteiger partial charge on any atom is -0.496 e. The van der Waals surface area contributed by atoms with Crippen LogP contribution in [0.1, 0.15) is 27.7 Å². The number of methoxy groups -OCH3 is 1. The smallest absolute Gasteiger partial charge is 0.123 e. The first-order chi connectivity index (χ1) is 11.3. The van der Waals surface area contributed by atoms with E-state index in [0.717, 1.165) is 23.7 Å². The lowest BCUT2D eigenvalue weighted by atomic mass is 10.1. The van der Waals surface area contributed by atoms with Crippen LogP contribution in [-0.4, -0.2) is 12.1 Å². The van der Waals surface area contributed by atoms with Crippen molar-refractivity contribution in [2.45, 2.75) is 25.9 Å². The van der Waals surface area contributed by atoms with Crippen LogP contribution in [0.4, 0.5) is 0 Å². The molecular weight excluding hydrogens is 395 g/mol. The average molecular weight is 417 g/mol. The summed E-state index contributed by atoms with van der Waals surface area (Å²) in [7, 11) is 1.72. The molecule has 0 aliphatic carbocycles. The summed E-state index contributed by atoms with van der Waals surface area (Å²) >= 11 is 3.44. The Morgan fingerprint density at radius 3 is 2.68 bits per heavy atom. The van der Waals surface area contributed by atoms with Crippen molar-refractivity contribution < 1.29 is 4.74 Å². The van der Waals surface area contributed by atoms with Crippen LogP contribution >= 0.6 is 47.5 Å². The summed E-state index contributed by atoms with van der Waals surface area (Å²) in [5.41, 5.74) is 3.77. The number of nitrogens with zero attached hydrogens (tertiary/aromatic N) is 1. The molecule has 0 bridgehead atoms. The van der Waals surface area contributed by atoms with Gasteiger partial charge in [0.25, 0.3) is 0 Å². The molecule has 3 nitrogen and oxygen atoms in total. The van der Waals surface area contributed by atoms with Crippen LogP contribution in [0.15, 0.2) is 46.6 Å². The largest absolute Gasteiger partial charge is 0.496 e. The van der Waals surface area contributed by atoms with Crippen molar-refractivity contribution in [2.24, 2.45) is 0 Å². The van der Waals surface area contributed by atoms with E-state index >= 15 is 0 Å². The number of thiazole rings is 1. The van der Waals surface area contributed by atoms with Crippen molar-refractivity contribution in [3.8, 4) is 5.75 Å². The normalized spacial score (nSPS) is 11.3.